The van der Waals surface area contributed by atoms with Gasteiger partial charge in [0.05, 0.1) is 5.69 Å². The molecule has 2 rings (SSSR count). The summed E-state index contributed by atoms with van der Waals surface area (Å²) in [5, 5.41) is 2.67. The van der Waals surface area contributed by atoms with Crippen LogP contribution in [0, 0.1) is 0 Å². The fraction of sp³-hybridized carbons (Fsp3) is 0.333. The Bertz CT molecular complexity index is 446. The number of rotatable bonds is 4. The number of carbonyl (C=O) groups is 1. The third-order valence-corrected chi connectivity index (χ3v) is 2.56. The lowest BCUT2D eigenvalue weighted by Gasteiger charge is -2.16. The van der Waals surface area contributed by atoms with Crippen LogP contribution in [0.25, 0.3) is 6.08 Å². The van der Waals surface area contributed by atoms with Gasteiger partial charge in [-0.25, -0.2) is 4.98 Å². The number of nitrogens with zero attached hydrogens (tertiary/aromatic N) is 1. The molecule has 4 nitrogen and oxygen atoms in total. The van der Waals surface area contributed by atoms with Gasteiger partial charge in [-0.3, -0.25) is 4.79 Å². The number of aromatic nitrogens is 1. The first-order valence-electron chi connectivity index (χ1n) is 5.46. The van der Waals surface area contributed by atoms with E-state index < -0.39 is 0 Å². The number of alkyl halides is 1. The molecule has 17 heavy (non-hydrogen) atoms. The molecule has 0 saturated heterocycles. The van der Waals surface area contributed by atoms with E-state index in [1.807, 2.05) is 24.3 Å². The van der Waals surface area contributed by atoms with Crippen LogP contribution in [-0.2, 0) is 4.79 Å². The highest BCUT2D eigenvalue weighted by Crippen LogP contribution is 2.25. The van der Waals surface area contributed by atoms with Gasteiger partial charge in [-0.1, -0.05) is 6.08 Å². The smallest absolute Gasteiger partial charge is 0.263 e. The highest BCUT2D eigenvalue weighted by molar-refractivity contribution is 6.17. The number of halogens is 1. The van der Waals surface area contributed by atoms with Gasteiger partial charge in [0, 0.05) is 5.88 Å². The minimum atomic E-state index is -0.173. The van der Waals surface area contributed by atoms with Gasteiger partial charge in [-0.2, -0.15) is 0 Å². The number of anilines is 1. The first-order valence-corrected chi connectivity index (χ1v) is 5.99. The molecule has 0 atom stereocenters. The molecule has 0 bridgehead atoms. The number of hydrogen-bond donors (Lipinski definition) is 1. The summed E-state index contributed by atoms with van der Waals surface area (Å²) in [5.41, 5.74) is 0.795. The number of nitrogens with one attached hydrogen (secondary N) is 1. The Labute approximate surface area is 105 Å². The zero-order valence-electron chi connectivity index (χ0n) is 9.28. The van der Waals surface area contributed by atoms with Crippen molar-refractivity contribution in [1.29, 1.82) is 0 Å². The van der Waals surface area contributed by atoms with Crippen LogP contribution in [0.3, 0.4) is 0 Å². The molecular weight excluding hydrogens is 240 g/mol. The summed E-state index contributed by atoms with van der Waals surface area (Å²) in [5.74, 6) is 1.59. The average molecular weight is 253 g/mol. The van der Waals surface area contributed by atoms with Crippen molar-refractivity contribution in [2.24, 2.45) is 0 Å². The monoisotopic (exact) mass is 252 g/mol. The molecule has 1 aliphatic heterocycles. The highest BCUT2D eigenvalue weighted by Gasteiger charge is 2.16. The first kappa shape index (κ1) is 11.9. The fourth-order valence-electron chi connectivity index (χ4n) is 1.47. The van der Waals surface area contributed by atoms with Crippen molar-refractivity contribution in [2.45, 2.75) is 12.8 Å². The maximum atomic E-state index is 11.1. The van der Waals surface area contributed by atoms with E-state index in [2.05, 4.69) is 10.3 Å². The van der Waals surface area contributed by atoms with E-state index in [0.717, 1.165) is 18.5 Å². The molecule has 90 valence electrons. The van der Waals surface area contributed by atoms with Crippen molar-refractivity contribution in [3.05, 3.63) is 23.9 Å². The second-order valence-electron chi connectivity index (χ2n) is 3.65. The number of carbonyl (C=O) groups excluding carboxylic acids is 1. The second-order valence-corrected chi connectivity index (χ2v) is 4.03. The Balaban J connectivity index is 2.07. The number of unbranched alkanes of at least 4 members (excludes halogenated alkanes) is 1. The van der Waals surface area contributed by atoms with Gasteiger partial charge in [-0.15, -0.1) is 11.6 Å². The summed E-state index contributed by atoms with van der Waals surface area (Å²) >= 11 is 5.58. The van der Waals surface area contributed by atoms with Crippen LogP contribution in [-0.4, -0.2) is 23.4 Å². The molecule has 1 amide bonds. The molecule has 0 saturated carbocycles. The Hall–Kier alpha value is -1.55. The number of pyridine rings is 1. The quantitative estimate of drug-likeness (QED) is 0.662. The van der Waals surface area contributed by atoms with Crippen LogP contribution >= 0.6 is 11.6 Å². The lowest BCUT2D eigenvalue weighted by atomic mass is 10.2. The van der Waals surface area contributed by atoms with Crippen molar-refractivity contribution in [3.63, 3.8) is 0 Å². The minimum Gasteiger partial charge on any atom is -0.480 e. The minimum absolute atomic E-state index is 0.0551. The van der Waals surface area contributed by atoms with Gasteiger partial charge in [-0.05, 0) is 31.1 Å². The van der Waals surface area contributed by atoms with Gasteiger partial charge >= 0.3 is 0 Å². The molecular formula is C12H13ClN2O2. The molecule has 2 heterocycles. The molecule has 1 aromatic rings. The number of allylic oxidation sites excluding steroid dienone is 1. The van der Waals surface area contributed by atoms with E-state index in [1.54, 1.807) is 0 Å². The highest BCUT2D eigenvalue weighted by atomic mass is 35.5. The largest absolute Gasteiger partial charge is 0.480 e. The number of amides is 1. The second kappa shape index (κ2) is 5.68. The van der Waals surface area contributed by atoms with E-state index in [0.29, 0.717) is 17.4 Å². The molecule has 0 unspecified atom stereocenters. The van der Waals surface area contributed by atoms with Crippen molar-refractivity contribution in [1.82, 2.24) is 4.98 Å². The Morgan fingerprint density at radius 2 is 2.41 bits per heavy atom. The maximum absolute atomic E-state index is 11.1. The molecule has 0 spiro atoms. The normalized spacial score (nSPS) is 14.3. The number of ether oxygens (including phenoxy) is 1. The van der Waals surface area contributed by atoms with Gasteiger partial charge < -0.3 is 10.1 Å². The predicted molar refractivity (Wildman–Crippen MR) is 67.3 cm³/mol. The Morgan fingerprint density at radius 1 is 1.53 bits per heavy atom. The summed E-state index contributed by atoms with van der Waals surface area (Å²) in [4.78, 5) is 15.4. The molecule has 0 radical (unpaired) electrons. The van der Waals surface area contributed by atoms with E-state index in [9.17, 15) is 4.79 Å². The van der Waals surface area contributed by atoms with Crippen LogP contribution < -0.4 is 10.1 Å². The van der Waals surface area contributed by atoms with Crippen molar-refractivity contribution < 1.29 is 9.53 Å². The average Bonchev–Trinajstić information content (AvgIpc) is 2.34. The summed E-state index contributed by atoms with van der Waals surface area (Å²) in [6.07, 6.45) is 5.80. The lowest BCUT2D eigenvalue weighted by molar-refractivity contribution is -0.118. The predicted octanol–water partition coefficient (Wildman–Crippen LogP) is 2.44. The third-order valence-electron chi connectivity index (χ3n) is 2.29. The van der Waals surface area contributed by atoms with Gasteiger partial charge in [0.15, 0.2) is 18.2 Å². The lowest BCUT2D eigenvalue weighted by Crippen LogP contribution is -2.26. The zero-order valence-corrected chi connectivity index (χ0v) is 10.0. The molecule has 0 aliphatic carbocycles. The zero-order chi connectivity index (χ0) is 12.1. The molecule has 1 aromatic heterocycles. The topological polar surface area (TPSA) is 51.2 Å². The van der Waals surface area contributed by atoms with Crippen molar-refractivity contribution in [2.75, 3.05) is 17.8 Å². The summed E-state index contributed by atoms with van der Waals surface area (Å²) in [6.45, 7) is 0.0551. The van der Waals surface area contributed by atoms with E-state index >= 15 is 0 Å². The van der Waals surface area contributed by atoms with Crippen molar-refractivity contribution >= 4 is 29.4 Å². The van der Waals surface area contributed by atoms with Gasteiger partial charge in [0.1, 0.15) is 0 Å². The van der Waals surface area contributed by atoms with Crippen LogP contribution in [0.15, 0.2) is 18.2 Å². The first-order chi connectivity index (χ1) is 8.29. The maximum Gasteiger partial charge on any atom is 0.263 e. The molecule has 0 fully saturated rings. The molecule has 1 aliphatic rings. The Kier molecular flexibility index (Phi) is 3.98. The van der Waals surface area contributed by atoms with Crippen LogP contribution in [0.5, 0.6) is 5.75 Å². The van der Waals surface area contributed by atoms with Crippen LogP contribution in [0.2, 0.25) is 0 Å². The van der Waals surface area contributed by atoms with E-state index in [4.69, 9.17) is 16.3 Å². The van der Waals surface area contributed by atoms with Crippen LogP contribution in [0.4, 0.5) is 5.82 Å². The van der Waals surface area contributed by atoms with Crippen molar-refractivity contribution in [3.8, 4) is 5.75 Å². The SMILES string of the molecule is O=C1COc2ccc(C=CCCCCl)nc2N1. The molecule has 5 heteroatoms. The number of fused-ring (bicyclic) bond motifs is 1. The van der Waals surface area contributed by atoms with Gasteiger partial charge in [0.2, 0.25) is 0 Å². The summed E-state index contributed by atoms with van der Waals surface area (Å²) in [7, 11) is 0. The summed E-state index contributed by atoms with van der Waals surface area (Å²) < 4.78 is 5.22. The number of hydrogen-bond acceptors (Lipinski definition) is 3. The van der Waals surface area contributed by atoms with E-state index in [1.165, 1.54) is 0 Å². The molecule has 1 N–H and O–H groups in total. The van der Waals surface area contributed by atoms with Gasteiger partial charge in [0.25, 0.3) is 5.91 Å². The summed E-state index contributed by atoms with van der Waals surface area (Å²) in [6, 6.07) is 3.66. The molecule has 0 aromatic carbocycles. The standard InChI is InChI=1S/C12H13ClN2O2/c13-7-3-1-2-4-9-5-6-10-12(14-9)15-11(16)8-17-10/h2,4-6H,1,3,7-8H2,(H,14,15,16). The van der Waals surface area contributed by atoms with E-state index in [-0.39, 0.29) is 12.5 Å². The Morgan fingerprint density at radius 3 is 3.24 bits per heavy atom. The third kappa shape index (κ3) is 3.20. The van der Waals surface area contributed by atoms with Crippen LogP contribution in [0.1, 0.15) is 18.5 Å². The fourth-order valence-corrected chi connectivity index (χ4v) is 1.63.